The monoisotopic (exact) mass is 402 g/mol. The van der Waals surface area contributed by atoms with Gasteiger partial charge in [0.05, 0.1) is 5.41 Å². The Morgan fingerprint density at radius 1 is 1.17 bits per heavy atom. The van der Waals surface area contributed by atoms with Crippen LogP contribution in [0.15, 0.2) is 0 Å². The number of rotatable bonds is 8. The van der Waals surface area contributed by atoms with E-state index in [4.69, 9.17) is 4.74 Å². The highest BCUT2D eigenvalue weighted by atomic mass is 16.6. The fourth-order valence-corrected chi connectivity index (χ4v) is 7.98. The smallest absolute Gasteiger partial charge is 0.312 e. The summed E-state index contributed by atoms with van der Waals surface area (Å²) in [5, 5.41) is 0. The van der Waals surface area contributed by atoms with Crippen LogP contribution < -0.4 is 0 Å². The molecular weight excluding hydrogens is 356 g/mol. The van der Waals surface area contributed by atoms with E-state index in [0.29, 0.717) is 11.8 Å². The van der Waals surface area contributed by atoms with Gasteiger partial charge in [0.2, 0.25) is 0 Å². The first kappa shape index (κ1) is 21.7. The topological polar surface area (TPSA) is 26.3 Å². The molecule has 4 saturated carbocycles. The van der Waals surface area contributed by atoms with Crippen molar-refractivity contribution < 1.29 is 9.53 Å². The van der Waals surface area contributed by atoms with Gasteiger partial charge in [0.15, 0.2) is 0 Å². The van der Waals surface area contributed by atoms with Crippen molar-refractivity contribution in [2.75, 3.05) is 0 Å². The van der Waals surface area contributed by atoms with Crippen LogP contribution in [0.3, 0.4) is 0 Å². The maximum absolute atomic E-state index is 13.7. The van der Waals surface area contributed by atoms with Gasteiger partial charge in [-0.25, -0.2) is 0 Å². The van der Waals surface area contributed by atoms with E-state index in [1.54, 1.807) is 0 Å². The number of hydrogen-bond acceptors (Lipinski definition) is 2. The molecule has 0 saturated heterocycles. The summed E-state index contributed by atoms with van der Waals surface area (Å²) in [5.74, 6) is 4.04. The van der Waals surface area contributed by atoms with Crippen molar-refractivity contribution in [3.8, 4) is 0 Å². The van der Waals surface area contributed by atoms with E-state index in [9.17, 15) is 4.79 Å². The first-order valence-electron chi connectivity index (χ1n) is 12.7. The summed E-state index contributed by atoms with van der Waals surface area (Å²) >= 11 is 0. The number of carbonyl (C=O) groups is 1. The number of carbonyl (C=O) groups excluding carboxylic acids is 1. The molecule has 0 aliphatic heterocycles. The second-order valence-corrected chi connectivity index (χ2v) is 13.2. The van der Waals surface area contributed by atoms with Crippen molar-refractivity contribution in [3.63, 3.8) is 0 Å². The van der Waals surface area contributed by atoms with Crippen LogP contribution in [-0.2, 0) is 9.53 Å². The van der Waals surface area contributed by atoms with E-state index in [0.717, 1.165) is 37.0 Å². The minimum absolute atomic E-state index is 0.144. The molecule has 0 bridgehead atoms. The van der Waals surface area contributed by atoms with Crippen molar-refractivity contribution in [2.45, 2.75) is 118 Å². The molecule has 8 unspecified atom stereocenters. The van der Waals surface area contributed by atoms with Crippen molar-refractivity contribution >= 4 is 5.97 Å². The van der Waals surface area contributed by atoms with E-state index in [2.05, 4.69) is 48.5 Å². The van der Waals surface area contributed by atoms with Crippen LogP contribution in [0.1, 0.15) is 113 Å². The highest BCUT2D eigenvalue weighted by Crippen LogP contribution is 2.75. The summed E-state index contributed by atoms with van der Waals surface area (Å²) in [6, 6.07) is 0. The van der Waals surface area contributed by atoms with E-state index in [1.165, 1.54) is 44.9 Å². The van der Waals surface area contributed by atoms with E-state index in [-0.39, 0.29) is 27.8 Å². The van der Waals surface area contributed by atoms with Gasteiger partial charge in [-0.15, -0.1) is 0 Å². The van der Waals surface area contributed by atoms with Crippen molar-refractivity contribution in [3.05, 3.63) is 0 Å². The summed E-state index contributed by atoms with van der Waals surface area (Å²) in [6.07, 6.45) is 12.3. The molecule has 0 aromatic rings. The molecule has 4 aliphatic carbocycles. The molecule has 0 N–H and O–H groups in total. The van der Waals surface area contributed by atoms with Gasteiger partial charge in [0.1, 0.15) is 5.60 Å². The van der Waals surface area contributed by atoms with E-state index in [1.807, 2.05) is 0 Å². The Hall–Kier alpha value is -0.530. The predicted octanol–water partition coefficient (Wildman–Crippen LogP) is 7.40. The molecule has 0 spiro atoms. The first-order chi connectivity index (χ1) is 13.5. The lowest BCUT2D eigenvalue weighted by atomic mass is 9.33. The van der Waals surface area contributed by atoms with Crippen molar-refractivity contribution in [1.29, 1.82) is 0 Å². The number of hydrogen-bond donors (Lipinski definition) is 0. The Morgan fingerprint density at radius 2 is 1.86 bits per heavy atom. The Kier molecular flexibility index (Phi) is 5.23. The summed E-state index contributed by atoms with van der Waals surface area (Å²) in [4.78, 5) is 13.7. The molecule has 0 heterocycles. The third-order valence-corrected chi connectivity index (χ3v) is 9.97. The zero-order chi connectivity index (χ0) is 21.2. The standard InChI is InChI=1S/C27H46O2/c1-8-18(2)11-13-25(7,27-12-9-10-20-14-21(16-27)22(20)27)29-23(28)26(15-19(26)3)17-24(4,5)6/h18-22H,8-17H2,1-7H3. The molecule has 2 heteroatoms. The SMILES string of the molecule is CCC(C)CCC(C)(OC(=O)C1(CC(C)(C)C)CC1C)C12CCCC3CC(C1)C32. The zero-order valence-corrected chi connectivity index (χ0v) is 20.3. The van der Waals surface area contributed by atoms with Gasteiger partial charge >= 0.3 is 5.97 Å². The zero-order valence-electron chi connectivity index (χ0n) is 20.3. The molecule has 4 aliphatic rings. The van der Waals surface area contributed by atoms with Crippen molar-refractivity contribution in [2.24, 2.45) is 45.8 Å². The number of esters is 1. The van der Waals surface area contributed by atoms with Crippen LogP contribution >= 0.6 is 0 Å². The van der Waals surface area contributed by atoms with Gasteiger partial charge in [-0.1, -0.05) is 60.8 Å². The molecule has 4 rings (SSSR count). The second-order valence-electron chi connectivity index (χ2n) is 13.2. The lowest BCUT2D eigenvalue weighted by molar-refractivity contribution is -0.284. The Balaban J connectivity index is 1.57. The molecule has 0 aromatic carbocycles. The lowest BCUT2D eigenvalue weighted by Crippen LogP contribution is -2.70. The first-order valence-corrected chi connectivity index (χ1v) is 12.7. The molecule has 0 aromatic heterocycles. The maximum atomic E-state index is 13.7. The molecule has 0 radical (unpaired) electrons. The van der Waals surface area contributed by atoms with Crippen LogP contribution in [0.5, 0.6) is 0 Å². The van der Waals surface area contributed by atoms with Crippen LogP contribution in [-0.4, -0.2) is 11.6 Å². The number of ether oxygens (including phenoxy) is 1. The normalized spacial score (nSPS) is 43.3. The minimum atomic E-state index is -0.263. The van der Waals surface area contributed by atoms with Crippen LogP contribution in [0, 0.1) is 45.8 Å². The average molecular weight is 403 g/mol. The molecule has 4 fully saturated rings. The van der Waals surface area contributed by atoms with Gasteiger partial charge in [-0.05, 0) is 86.9 Å². The Bertz CT molecular complexity index is 641. The van der Waals surface area contributed by atoms with Gasteiger partial charge in [0, 0.05) is 5.41 Å². The second kappa shape index (κ2) is 6.99. The summed E-state index contributed by atoms with van der Waals surface area (Å²) in [5.41, 5.74) is -0.0337. The molecule has 8 atom stereocenters. The fraction of sp³-hybridized carbons (Fsp3) is 0.963. The summed E-state index contributed by atoms with van der Waals surface area (Å²) in [7, 11) is 0. The van der Waals surface area contributed by atoms with Gasteiger partial charge in [0.25, 0.3) is 0 Å². The van der Waals surface area contributed by atoms with Crippen LogP contribution in [0.25, 0.3) is 0 Å². The van der Waals surface area contributed by atoms with Crippen molar-refractivity contribution in [1.82, 2.24) is 0 Å². The summed E-state index contributed by atoms with van der Waals surface area (Å²) < 4.78 is 6.77. The third-order valence-electron chi connectivity index (χ3n) is 9.97. The van der Waals surface area contributed by atoms with Gasteiger partial charge in [-0.2, -0.15) is 0 Å². The Morgan fingerprint density at radius 3 is 2.41 bits per heavy atom. The minimum Gasteiger partial charge on any atom is -0.458 e. The summed E-state index contributed by atoms with van der Waals surface area (Å²) in [6.45, 7) is 16.1. The average Bonchev–Trinajstić information content (AvgIpc) is 3.22. The molecule has 29 heavy (non-hydrogen) atoms. The highest BCUT2D eigenvalue weighted by Gasteiger charge is 2.72. The largest absolute Gasteiger partial charge is 0.458 e. The van der Waals surface area contributed by atoms with E-state index < -0.39 is 0 Å². The maximum Gasteiger partial charge on any atom is 0.312 e. The molecule has 166 valence electrons. The van der Waals surface area contributed by atoms with Gasteiger partial charge < -0.3 is 4.74 Å². The lowest BCUT2D eigenvalue weighted by Gasteiger charge is -2.73. The van der Waals surface area contributed by atoms with E-state index >= 15 is 0 Å². The molecule has 0 amide bonds. The highest BCUT2D eigenvalue weighted by molar-refractivity contribution is 5.81. The third kappa shape index (κ3) is 3.39. The quantitative estimate of drug-likeness (QED) is 0.395. The predicted molar refractivity (Wildman–Crippen MR) is 119 cm³/mol. The van der Waals surface area contributed by atoms with Gasteiger partial charge in [-0.3, -0.25) is 4.79 Å². The Labute approximate surface area is 179 Å². The fourth-order valence-electron chi connectivity index (χ4n) is 7.98. The van der Waals surface area contributed by atoms with Crippen LogP contribution in [0.2, 0.25) is 0 Å². The van der Waals surface area contributed by atoms with Crippen LogP contribution in [0.4, 0.5) is 0 Å². The molecular formula is C27H46O2. The molecule has 2 nitrogen and oxygen atoms in total.